The van der Waals surface area contributed by atoms with Crippen molar-refractivity contribution < 1.29 is 4.79 Å². The molecule has 1 N–H and O–H groups in total. The van der Waals surface area contributed by atoms with Gasteiger partial charge in [-0.2, -0.15) is 5.10 Å². The zero-order valence-electron chi connectivity index (χ0n) is 18.3. The van der Waals surface area contributed by atoms with Gasteiger partial charge in [-0.3, -0.25) is 9.59 Å². The summed E-state index contributed by atoms with van der Waals surface area (Å²) in [6.07, 6.45) is 2.87. The number of aromatic nitrogens is 3. The zero-order chi connectivity index (χ0) is 21.8. The van der Waals surface area contributed by atoms with Crippen molar-refractivity contribution in [3.05, 3.63) is 52.8 Å². The van der Waals surface area contributed by atoms with Gasteiger partial charge in [0.25, 0.3) is 5.56 Å². The summed E-state index contributed by atoms with van der Waals surface area (Å²) in [6.45, 7) is 6.77. The van der Waals surface area contributed by atoms with Crippen molar-refractivity contribution in [2.45, 2.75) is 39.2 Å². The smallest absolute Gasteiger partial charge is 0.267 e. The van der Waals surface area contributed by atoms with Gasteiger partial charge in [-0.1, -0.05) is 41.7 Å². The van der Waals surface area contributed by atoms with Gasteiger partial charge in [0.15, 0.2) is 5.13 Å². The van der Waals surface area contributed by atoms with Crippen LogP contribution in [0.1, 0.15) is 39.2 Å². The number of carbonyl (C=O) groups is 1. The fraction of sp³-hybridized carbons (Fsp3) is 0.391. The Kier molecular flexibility index (Phi) is 8.17. The Hall–Kier alpha value is -2.55. The molecular formula is C23H28ClN5O2S. The molecule has 170 valence electrons. The number of anilines is 1. The minimum atomic E-state index is -0.139. The summed E-state index contributed by atoms with van der Waals surface area (Å²) in [4.78, 5) is 32.5. The fourth-order valence-electron chi connectivity index (χ4n) is 3.70. The van der Waals surface area contributed by atoms with Gasteiger partial charge in [-0.15, -0.1) is 12.4 Å². The van der Waals surface area contributed by atoms with Crippen LogP contribution in [0.5, 0.6) is 0 Å². The fourth-order valence-corrected chi connectivity index (χ4v) is 4.67. The van der Waals surface area contributed by atoms with Gasteiger partial charge < -0.3 is 10.2 Å². The summed E-state index contributed by atoms with van der Waals surface area (Å²) in [6, 6.07) is 13.0. The summed E-state index contributed by atoms with van der Waals surface area (Å²) in [7, 11) is 0. The first-order valence-electron chi connectivity index (χ1n) is 10.7. The number of hydrogen-bond acceptors (Lipinski definition) is 6. The van der Waals surface area contributed by atoms with E-state index in [4.69, 9.17) is 4.98 Å². The van der Waals surface area contributed by atoms with Crippen LogP contribution in [0.3, 0.4) is 0 Å². The van der Waals surface area contributed by atoms with Crippen LogP contribution in [-0.4, -0.2) is 45.2 Å². The lowest BCUT2D eigenvalue weighted by Crippen LogP contribution is -2.25. The molecule has 1 fully saturated rings. The highest BCUT2D eigenvalue weighted by Crippen LogP contribution is 2.38. The molecule has 3 aromatic rings. The third-order valence-corrected chi connectivity index (χ3v) is 6.31. The van der Waals surface area contributed by atoms with Gasteiger partial charge in [0.1, 0.15) is 5.69 Å². The summed E-state index contributed by atoms with van der Waals surface area (Å²) in [5.74, 6) is -0.0353. The topological polar surface area (TPSA) is 80.1 Å². The molecule has 0 spiro atoms. The first-order chi connectivity index (χ1) is 15.0. The standard InChI is InChI=1S/C23H27N5O2S.ClH/c1-16(2)28-20(30)11-10-18(26-28)22-21(17-8-4-3-5-9-17)25-23(31-22)24-19(29)12-15-27-13-6-7-14-27;/h3-5,8-11,16H,6-7,12-15H2,1-2H3,(H,24,25,29);1H. The minimum Gasteiger partial charge on any atom is -0.303 e. The normalized spacial score (nSPS) is 13.8. The monoisotopic (exact) mass is 473 g/mol. The number of hydrogen-bond donors (Lipinski definition) is 1. The van der Waals surface area contributed by atoms with E-state index in [-0.39, 0.29) is 29.9 Å². The molecule has 0 unspecified atom stereocenters. The van der Waals surface area contributed by atoms with Crippen LogP contribution < -0.4 is 10.9 Å². The van der Waals surface area contributed by atoms with Crippen molar-refractivity contribution in [3.8, 4) is 21.8 Å². The molecule has 32 heavy (non-hydrogen) atoms. The van der Waals surface area contributed by atoms with Crippen LogP contribution in [0.15, 0.2) is 47.3 Å². The third-order valence-electron chi connectivity index (χ3n) is 5.32. The Morgan fingerprint density at radius 2 is 1.84 bits per heavy atom. The Morgan fingerprint density at radius 1 is 1.12 bits per heavy atom. The minimum absolute atomic E-state index is 0. The maximum Gasteiger partial charge on any atom is 0.267 e. The maximum atomic E-state index is 12.5. The second kappa shape index (κ2) is 10.8. The molecule has 0 aliphatic carbocycles. The summed E-state index contributed by atoms with van der Waals surface area (Å²) in [5.41, 5.74) is 2.22. The second-order valence-electron chi connectivity index (χ2n) is 8.00. The number of nitrogens with one attached hydrogen (secondary N) is 1. The summed E-state index contributed by atoms with van der Waals surface area (Å²) in [5, 5.41) is 8.07. The van der Waals surface area contributed by atoms with E-state index in [0.717, 1.165) is 35.8 Å². The van der Waals surface area contributed by atoms with Crippen molar-refractivity contribution >= 4 is 34.8 Å². The predicted molar refractivity (Wildman–Crippen MR) is 132 cm³/mol. The molecular weight excluding hydrogens is 446 g/mol. The Balaban J connectivity index is 0.00000289. The molecule has 7 nitrogen and oxygen atoms in total. The molecule has 1 saturated heterocycles. The first kappa shape index (κ1) is 24.1. The third kappa shape index (κ3) is 5.62. The van der Waals surface area contributed by atoms with Gasteiger partial charge in [-0.05, 0) is 45.8 Å². The Morgan fingerprint density at radius 3 is 2.53 bits per heavy atom. The van der Waals surface area contributed by atoms with E-state index in [9.17, 15) is 9.59 Å². The highest BCUT2D eigenvalue weighted by atomic mass is 35.5. The van der Waals surface area contributed by atoms with E-state index >= 15 is 0 Å². The average molecular weight is 474 g/mol. The largest absolute Gasteiger partial charge is 0.303 e. The number of thiazole rings is 1. The lowest BCUT2D eigenvalue weighted by molar-refractivity contribution is -0.116. The van der Waals surface area contributed by atoms with Crippen molar-refractivity contribution in [1.82, 2.24) is 19.7 Å². The molecule has 1 aliphatic rings. The SMILES string of the molecule is CC(C)n1nc(-c2sc(NC(=O)CCN3CCCC3)nc2-c2ccccc2)ccc1=O.Cl. The van der Waals surface area contributed by atoms with E-state index in [1.165, 1.54) is 34.9 Å². The number of carbonyl (C=O) groups excluding carboxylic acids is 1. The molecule has 0 radical (unpaired) electrons. The highest BCUT2D eigenvalue weighted by Gasteiger charge is 2.19. The summed E-state index contributed by atoms with van der Waals surface area (Å²) < 4.78 is 1.47. The number of rotatable bonds is 7. The molecule has 0 atom stereocenters. The van der Waals surface area contributed by atoms with Crippen LogP contribution in [0.2, 0.25) is 0 Å². The van der Waals surface area contributed by atoms with Gasteiger partial charge >= 0.3 is 0 Å². The van der Waals surface area contributed by atoms with E-state index in [1.807, 2.05) is 44.2 Å². The van der Waals surface area contributed by atoms with Gasteiger partial charge in [0, 0.05) is 24.6 Å². The number of nitrogens with zero attached hydrogens (tertiary/aromatic N) is 4. The number of benzene rings is 1. The lowest BCUT2D eigenvalue weighted by atomic mass is 10.1. The molecule has 3 heterocycles. The van der Waals surface area contributed by atoms with Crippen molar-refractivity contribution in [3.63, 3.8) is 0 Å². The van der Waals surface area contributed by atoms with E-state index in [1.54, 1.807) is 6.07 Å². The molecule has 0 bridgehead atoms. The van der Waals surface area contributed by atoms with Crippen LogP contribution in [0, 0.1) is 0 Å². The zero-order valence-corrected chi connectivity index (χ0v) is 19.9. The molecule has 4 rings (SSSR count). The van der Waals surface area contributed by atoms with Gasteiger partial charge in [0.05, 0.1) is 16.6 Å². The van der Waals surface area contributed by atoms with E-state index in [2.05, 4.69) is 15.3 Å². The van der Waals surface area contributed by atoms with Crippen LogP contribution in [0.4, 0.5) is 5.13 Å². The second-order valence-corrected chi connectivity index (χ2v) is 9.00. The summed E-state index contributed by atoms with van der Waals surface area (Å²) >= 11 is 1.39. The molecule has 1 aromatic carbocycles. The molecule has 1 amide bonds. The number of halogens is 1. The van der Waals surface area contributed by atoms with Gasteiger partial charge in [0.2, 0.25) is 5.91 Å². The van der Waals surface area contributed by atoms with Crippen molar-refractivity contribution in [2.24, 2.45) is 0 Å². The Labute approximate surface area is 197 Å². The first-order valence-corrected chi connectivity index (χ1v) is 11.5. The molecule has 1 aliphatic heterocycles. The molecule has 9 heteroatoms. The maximum absolute atomic E-state index is 12.5. The van der Waals surface area contributed by atoms with Crippen LogP contribution >= 0.6 is 23.7 Å². The predicted octanol–water partition coefficient (Wildman–Crippen LogP) is 4.46. The molecule has 2 aromatic heterocycles. The Bertz CT molecular complexity index is 1110. The molecule has 0 saturated carbocycles. The van der Waals surface area contributed by atoms with Crippen LogP contribution in [0.25, 0.3) is 21.8 Å². The van der Waals surface area contributed by atoms with Gasteiger partial charge in [-0.25, -0.2) is 9.67 Å². The van der Waals surface area contributed by atoms with Crippen LogP contribution in [-0.2, 0) is 4.79 Å². The number of likely N-dealkylation sites (tertiary alicyclic amines) is 1. The quantitative estimate of drug-likeness (QED) is 0.548. The van der Waals surface area contributed by atoms with Crippen molar-refractivity contribution in [2.75, 3.05) is 25.0 Å². The van der Waals surface area contributed by atoms with E-state index < -0.39 is 0 Å². The lowest BCUT2D eigenvalue weighted by Gasteiger charge is -2.13. The van der Waals surface area contributed by atoms with E-state index in [0.29, 0.717) is 17.2 Å². The number of amides is 1. The van der Waals surface area contributed by atoms with Crippen molar-refractivity contribution in [1.29, 1.82) is 0 Å². The highest BCUT2D eigenvalue weighted by molar-refractivity contribution is 7.19. The average Bonchev–Trinajstić information content (AvgIpc) is 3.43.